The van der Waals surface area contributed by atoms with E-state index in [0.29, 0.717) is 5.92 Å². The number of fused-ring (bicyclic) bond motifs is 6. The topological polar surface area (TPSA) is 0 Å². The van der Waals surface area contributed by atoms with Gasteiger partial charge in [0.2, 0.25) is 6.71 Å². The third-order valence-corrected chi connectivity index (χ3v) is 15.8. The SMILES string of the molecule is CC(c1ccccc1)C(c1ccccc1)c1ccc2c(c1)Sc1cc(-c3cccc(-c4c5c(c(-c6ccccc6)c6ccccc46)C=CCC5)c3)cc3c1B2c1ccccc1S3. The molecule has 2 aliphatic heterocycles. The molecule has 9 aromatic rings. The van der Waals surface area contributed by atoms with E-state index >= 15 is 0 Å². The summed E-state index contributed by atoms with van der Waals surface area (Å²) in [6.07, 6.45) is 6.82. The predicted molar refractivity (Wildman–Crippen MR) is 267 cm³/mol. The summed E-state index contributed by atoms with van der Waals surface area (Å²) in [7, 11) is 0. The Morgan fingerprint density at radius 1 is 0.452 bits per heavy atom. The molecule has 2 atom stereocenters. The molecule has 2 heterocycles. The molecule has 1 aliphatic carbocycles. The van der Waals surface area contributed by atoms with E-state index in [1.54, 1.807) is 0 Å². The van der Waals surface area contributed by atoms with Crippen molar-refractivity contribution in [1.82, 2.24) is 0 Å². The fourth-order valence-electron chi connectivity index (χ4n) is 10.7. The lowest BCUT2D eigenvalue weighted by atomic mass is 9.36. The van der Waals surface area contributed by atoms with E-state index in [1.165, 1.54) is 108 Å². The summed E-state index contributed by atoms with van der Waals surface area (Å²) >= 11 is 3.91. The van der Waals surface area contributed by atoms with Crippen LogP contribution in [0.15, 0.2) is 220 Å². The average molecular weight is 827 g/mol. The third-order valence-electron chi connectivity index (χ3n) is 13.5. The molecule has 0 nitrogen and oxygen atoms in total. The smallest absolute Gasteiger partial charge is 0.0911 e. The van der Waals surface area contributed by atoms with Gasteiger partial charge in [-0.25, -0.2) is 0 Å². The van der Waals surface area contributed by atoms with Crippen molar-refractivity contribution in [3.63, 3.8) is 0 Å². The number of rotatable bonds is 7. The van der Waals surface area contributed by atoms with E-state index < -0.39 is 0 Å². The molecule has 0 aromatic heterocycles. The molecule has 2 unspecified atom stereocenters. The Bertz CT molecular complexity index is 3210. The highest BCUT2D eigenvalue weighted by Gasteiger charge is 2.39. The van der Waals surface area contributed by atoms with Crippen LogP contribution in [0, 0.1) is 0 Å². The first-order valence-corrected chi connectivity index (χ1v) is 23.6. The first kappa shape index (κ1) is 37.5. The maximum Gasteiger partial charge on any atom is 0.247 e. The summed E-state index contributed by atoms with van der Waals surface area (Å²) < 4.78 is 0. The molecule has 0 spiro atoms. The molecular weight excluding hydrogens is 784 g/mol. The number of hydrogen-bond donors (Lipinski definition) is 0. The summed E-state index contributed by atoms with van der Waals surface area (Å²) in [5.74, 6) is 0.534. The van der Waals surface area contributed by atoms with Crippen molar-refractivity contribution in [3.05, 3.63) is 228 Å². The molecule has 0 fully saturated rings. The maximum absolute atomic E-state index is 2.53. The van der Waals surface area contributed by atoms with Crippen LogP contribution < -0.4 is 16.4 Å². The highest BCUT2D eigenvalue weighted by molar-refractivity contribution is 8.01. The molecule has 0 radical (unpaired) electrons. The molecule has 0 N–H and O–H groups in total. The summed E-state index contributed by atoms with van der Waals surface area (Å²) in [6, 6.07) is 73.0. The minimum absolute atomic E-state index is 0.193. The highest BCUT2D eigenvalue weighted by atomic mass is 32.2. The molecule has 62 heavy (non-hydrogen) atoms. The van der Waals surface area contributed by atoms with Gasteiger partial charge in [0.1, 0.15) is 0 Å². The van der Waals surface area contributed by atoms with Crippen molar-refractivity contribution < 1.29 is 0 Å². The van der Waals surface area contributed by atoms with Crippen LogP contribution in [-0.2, 0) is 6.42 Å². The second-order valence-corrected chi connectivity index (χ2v) is 19.2. The van der Waals surface area contributed by atoms with E-state index in [9.17, 15) is 0 Å². The lowest BCUT2D eigenvalue weighted by Crippen LogP contribution is -2.58. The highest BCUT2D eigenvalue weighted by Crippen LogP contribution is 2.47. The minimum Gasteiger partial charge on any atom is -0.0911 e. The van der Waals surface area contributed by atoms with Crippen molar-refractivity contribution in [3.8, 4) is 33.4 Å². The van der Waals surface area contributed by atoms with E-state index in [-0.39, 0.29) is 12.6 Å². The van der Waals surface area contributed by atoms with Gasteiger partial charge in [-0.2, -0.15) is 0 Å². The number of hydrogen-bond acceptors (Lipinski definition) is 2. The Hall–Kier alpha value is -6.26. The zero-order valence-electron chi connectivity index (χ0n) is 34.6. The summed E-state index contributed by atoms with van der Waals surface area (Å²) in [5, 5.41) is 2.64. The van der Waals surface area contributed by atoms with Gasteiger partial charge in [0, 0.05) is 25.5 Å². The lowest BCUT2D eigenvalue weighted by molar-refractivity contribution is 0.656. The molecule has 0 saturated heterocycles. The van der Waals surface area contributed by atoms with Crippen LogP contribution in [0.1, 0.15) is 53.0 Å². The van der Waals surface area contributed by atoms with Gasteiger partial charge in [-0.1, -0.05) is 217 Å². The van der Waals surface area contributed by atoms with Crippen LogP contribution in [0.25, 0.3) is 50.2 Å². The van der Waals surface area contributed by atoms with E-state index in [0.717, 1.165) is 12.8 Å². The Morgan fingerprint density at radius 3 is 1.84 bits per heavy atom. The molecule has 3 aliphatic rings. The van der Waals surface area contributed by atoms with Crippen molar-refractivity contribution in [1.29, 1.82) is 0 Å². The molecule has 3 heteroatoms. The largest absolute Gasteiger partial charge is 0.247 e. The molecule has 12 rings (SSSR count). The second kappa shape index (κ2) is 15.6. The minimum atomic E-state index is 0.193. The van der Waals surface area contributed by atoms with Crippen LogP contribution in [0.3, 0.4) is 0 Å². The molecule has 9 aromatic carbocycles. The van der Waals surface area contributed by atoms with Crippen LogP contribution in [0.5, 0.6) is 0 Å². The van der Waals surface area contributed by atoms with Gasteiger partial charge in [0.05, 0.1) is 0 Å². The third kappa shape index (κ3) is 6.33. The van der Waals surface area contributed by atoms with Gasteiger partial charge in [-0.3, -0.25) is 0 Å². The lowest BCUT2D eigenvalue weighted by Gasteiger charge is -2.34. The van der Waals surface area contributed by atoms with Crippen LogP contribution in [0.4, 0.5) is 0 Å². The fraction of sp³-hybridized carbons (Fsp3) is 0.0847. The van der Waals surface area contributed by atoms with Crippen LogP contribution in [0.2, 0.25) is 0 Å². The van der Waals surface area contributed by atoms with E-state index in [1.807, 2.05) is 23.5 Å². The number of allylic oxidation sites excluding steroid dienone is 1. The Morgan fingerprint density at radius 2 is 1.06 bits per heavy atom. The van der Waals surface area contributed by atoms with Crippen molar-refractivity contribution in [2.24, 2.45) is 0 Å². The standard InChI is InChI=1S/C59H43BS2/c1-38(39-18-5-2-6-19-39)56(40-20-7-3-8-21-40)44-32-33-51-53(35-44)62-55-37-45(36-54-59(55)60(51)50-30-15-16-31-52(50)61-54)42-24-17-25-43(34-42)58-48-28-13-11-26-46(48)57(41-22-9-4-10-23-41)47-27-12-14-29-49(47)58/h2-13,15-28,30-38,56H,14,29H2,1H3. The Kier molecular flexibility index (Phi) is 9.42. The van der Waals surface area contributed by atoms with Crippen molar-refractivity contribution >= 4 is 63.5 Å². The molecule has 294 valence electrons. The summed E-state index contributed by atoms with van der Waals surface area (Å²) in [4.78, 5) is 5.46. The molecule has 0 amide bonds. The summed E-state index contributed by atoms with van der Waals surface area (Å²) in [6.45, 7) is 2.59. The van der Waals surface area contributed by atoms with Gasteiger partial charge in [-0.15, -0.1) is 0 Å². The molecule has 0 saturated carbocycles. The van der Waals surface area contributed by atoms with Gasteiger partial charge in [-0.05, 0) is 127 Å². The van der Waals surface area contributed by atoms with Gasteiger partial charge in [0.15, 0.2) is 0 Å². The Balaban J connectivity index is 1.000. The Labute approximate surface area is 373 Å². The summed E-state index contributed by atoms with van der Waals surface area (Å²) in [5.41, 5.74) is 19.0. The van der Waals surface area contributed by atoms with Gasteiger partial charge < -0.3 is 0 Å². The first-order valence-electron chi connectivity index (χ1n) is 21.9. The van der Waals surface area contributed by atoms with Crippen LogP contribution in [-0.4, -0.2) is 6.71 Å². The zero-order chi connectivity index (χ0) is 41.1. The molecular formula is C59H43BS2. The quantitative estimate of drug-likeness (QED) is 0.147. The van der Waals surface area contributed by atoms with Gasteiger partial charge in [0.25, 0.3) is 0 Å². The first-order chi connectivity index (χ1) is 30.7. The van der Waals surface area contributed by atoms with Crippen molar-refractivity contribution in [2.75, 3.05) is 0 Å². The van der Waals surface area contributed by atoms with Gasteiger partial charge >= 0.3 is 0 Å². The maximum atomic E-state index is 2.53. The number of benzene rings is 9. The monoisotopic (exact) mass is 826 g/mol. The predicted octanol–water partition coefficient (Wildman–Crippen LogP) is 14.2. The fourth-order valence-corrected chi connectivity index (χ4v) is 13.2. The van der Waals surface area contributed by atoms with E-state index in [4.69, 9.17) is 0 Å². The molecule has 0 bridgehead atoms. The van der Waals surface area contributed by atoms with E-state index in [2.05, 4.69) is 213 Å². The normalized spacial score (nSPS) is 14.4. The average Bonchev–Trinajstić information content (AvgIpc) is 3.34. The second-order valence-electron chi connectivity index (χ2n) is 17.0. The van der Waals surface area contributed by atoms with Crippen molar-refractivity contribution in [2.45, 2.75) is 51.2 Å². The van der Waals surface area contributed by atoms with Crippen LogP contribution >= 0.6 is 23.5 Å². The zero-order valence-corrected chi connectivity index (χ0v) is 36.2.